The minimum Gasteiger partial charge on any atom is -0.496 e. The smallest absolute Gasteiger partial charge is 0.335 e. The molecular weight excluding hydrogens is 368 g/mol. The molecule has 0 saturated heterocycles. The van der Waals surface area contributed by atoms with Gasteiger partial charge >= 0.3 is 5.97 Å². The van der Waals surface area contributed by atoms with Crippen molar-refractivity contribution >= 4 is 28.5 Å². The Morgan fingerprint density at radius 2 is 1.93 bits per heavy atom. The molecule has 0 atom stereocenters. The number of nitrogens with zero attached hydrogens (tertiary/aromatic N) is 1. The molecule has 0 fully saturated rings. The molecule has 2 N–H and O–H groups in total. The fraction of sp³-hybridized carbons (Fsp3) is 0.304. The molecule has 0 aliphatic carbocycles. The third kappa shape index (κ3) is 4.96. The second kappa shape index (κ2) is 9.28. The Morgan fingerprint density at radius 3 is 2.66 bits per heavy atom. The standard InChI is InChI=1S/C23H26N2O4/c1-3-4-5-6-22(26)24-19-10-9-16-11-12-25(20(16)14-19)15-18-8-7-17(23(27)28)13-21(18)29-2/h7-14H,3-6,15H2,1-2H3,(H,24,26)(H,27,28). The maximum atomic E-state index is 12.1. The number of benzene rings is 2. The van der Waals surface area contributed by atoms with E-state index >= 15 is 0 Å². The summed E-state index contributed by atoms with van der Waals surface area (Å²) in [5, 5.41) is 13.2. The Labute approximate surface area is 170 Å². The average Bonchev–Trinajstić information content (AvgIpc) is 3.10. The number of aromatic nitrogens is 1. The van der Waals surface area contributed by atoms with E-state index in [0.29, 0.717) is 18.7 Å². The molecule has 3 aromatic rings. The van der Waals surface area contributed by atoms with E-state index in [1.54, 1.807) is 12.1 Å². The van der Waals surface area contributed by atoms with E-state index in [-0.39, 0.29) is 11.5 Å². The van der Waals surface area contributed by atoms with E-state index in [1.165, 1.54) is 13.2 Å². The molecule has 0 saturated carbocycles. The van der Waals surface area contributed by atoms with Crippen molar-refractivity contribution in [3.05, 3.63) is 59.8 Å². The molecule has 29 heavy (non-hydrogen) atoms. The number of amides is 1. The Bertz CT molecular complexity index is 1020. The van der Waals surface area contributed by atoms with Crippen LogP contribution in [-0.2, 0) is 11.3 Å². The van der Waals surface area contributed by atoms with Crippen LogP contribution in [0, 0.1) is 0 Å². The third-order valence-electron chi connectivity index (χ3n) is 4.94. The van der Waals surface area contributed by atoms with Crippen molar-refractivity contribution in [2.75, 3.05) is 12.4 Å². The number of aromatic carboxylic acids is 1. The molecular formula is C23H26N2O4. The third-order valence-corrected chi connectivity index (χ3v) is 4.94. The second-order valence-electron chi connectivity index (χ2n) is 7.05. The first kappa shape index (κ1) is 20.5. The Balaban J connectivity index is 1.82. The molecule has 2 aromatic carbocycles. The number of rotatable bonds is 9. The predicted octanol–water partition coefficient (Wildman–Crippen LogP) is 4.92. The van der Waals surface area contributed by atoms with Crippen molar-refractivity contribution in [3.63, 3.8) is 0 Å². The maximum Gasteiger partial charge on any atom is 0.335 e. The van der Waals surface area contributed by atoms with Gasteiger partial charge in [-0.05, 0) is 42.1 Å². The van der Waals surface area contributed by atoms with Crippen LogP contribution in [0.4, 0.5) is 5.69 Å². The van der Waals surface area contributed by atoms with Gasteiger partial charge in [0.1, 0.15) is 5.75 Å². The van der Waals surface area contributed by atoms with Crippen LogP contribution in [0.3, 0.4) is 0 Å². The molecule has 6 heteroatoms. The summed E-state index contributed by atoms with van der Waals surface area (Å²) in [5.74, 6) is -0.422. The quantitative estimate of drug-likeness (QED) is 0.505. The highest BCUT2D eigenvalue weighted by molar-refractivity contribution is 5.93. The highest BCUT2D eigenvalue weighted by Crippen LogP contribution is 2.26. The zero-order valence-electron chi connectivity index (χ0n) is 16.8. The highest BCUT2D eigenvalue weighted by atomic mass is 16.5. The van der Waals surface area contributed by atoms with Crippen LogP contribution in [0.15, 0.2) is 48.7 Å². The van der Waals surface area contributed by atoms with Gasteiger partial charge in [0.15, 0.2) is 0 Å². The van der Waals surface area contributed by atoms with Crippen LogP contribution >= 0.6 is 0 Å². The van der Waals surface area contributed by atoms with Crippen molar-refractivity contribution < 1.29 is 19.4 Å². The number of carbonyl (C=O) groups is 2. The Kier molecular flexibility index (Phi) is 6.54. The molecule has 0 bridgehead atoms. The largest absolute Gasteiger partial charge is 0.496 e. The van der Waals surface area contributed by atoms with Gasteiger partial charge in [-0.15, -0.1) is 0 Å². The number of anilines is 1. The van der Waals surface area contributed by atoms with Crippen LogP contribution in [0.2, 0.25) is 0 Å². The van der Waals surface area contributed by atoms with E-state index in [2.05, 4.69) is 16.8 Å². The highest BCUT2D eigenvalue weighted by Gasteiger charge is 2.11. The summed E-state index contributed by atoms with van der Waals surface area (Å²) in [7, 11) is 1.53. The van der Waals surface area contributed by atoms with Crippen molar-refractivity contribution in [1.82, 2.24) is 4.57 Å². The first-order valence-corrected chi connectivity index (χ1v) is 9.80. The van der Waals surface area contributed by atoms with Crippen LogP contribution < -0.4 is 10.1 Å². The number of hydrogen-bond donors (Lipinski definition) is 2. The SMILES string of the molecule is CCCCCC(=O)Nc1ccc2ccn(Cc3ccc(C(=O)O)cc3OC)c2c1. The molecule has 0 unspecified atom stereocenters. The summed E-state index contributed by atoms with van der Waals surface area (Å²) in [4.78, 5) is 23.3. The molecule has 152 valence electrons. The summed E-state index contributed by atoms with van der Waals surface area (Å²) in [6, 6.07) is 12.8. The van der Waals surface area contributed by atoms with Gasteiger partial charge < -0.3 is 19.7 Å². The average molecular weight is 394 g/mol. The molecule has 0 aliphatic rings. The number of carboxylic acid groups (broad SMARTS) is 1. The lowest BCUT2D eigenvalue weighted by Gasteiger charge is -2.12. The first-order valence-electron chi connectivity index (χ1n) is 9.80. The van der Waals surface area contributed by atoms with Gasteiger partial charge in [-0.3, -0.25) is 4.79 Å². The number of hydrogen-bond acceptors (Lipinski definition) is 3. The van der Waals surface area contributed by atoms with Gasteiger partial charge in [-0.1, -0.05) is 31.9 Å². The maximum absolute atomic E-state index is 12.1. The minimum atomic E-state index is -0.986. The molecule has 0 radical (unpaired) electrons. The van der Waals surface area contributed by atoms with Gasteiger partial charge in [0.2, 0.25) is 5.91 Å². The van der Waals surface area contributed by atoms with Crippen molar-refractivity contribution in [3.8, 4) is 5.75 Å². The number of methoxy groups -OCH3 is 1. The van der Waals surface area contributed by atoms with Crippen molar-refractivity contribution in [2.45, 2.75) is 39.2 Å². The molecule has 1 aromatic heterocycles. The van der Waals surface area contributed by atoms with Crippen LogP contribution in [0.5, 0.6) is 5.75 Å². The van der Waals surface area contributed by atoms with Crippen molar-refractivity contribution in [1.29, 1.82) is 0 Å². The number of nitrogens with one attached hydrogen (secondary N) is 1. The summed E-state index contributed by atoms with van der Waals surface area (Å²) in [6.07, 6.45) is 5.54. The number of fused-ring (bicyclic) bond motifs is 1. The van der Waals surface area contributed by atoms with Crippen LogP contribution in [-0.4, -0.2) is 28.7 Å². The first-order chi connectivity index (χ1) is 14.0. The van der Waals surface area contributed by atoms with E-state index in [4.69, 9.17) is 9.84 Å². The Hall–Kier alpha value is -3.28. The molecule has 1 amide bonds. The number of unbranched alkanes of at least 4 members (excludes halogenated alkanes) is 2. The predicted molar refractivity (Wildman–Crippen MR) is 114 cm³/mol. The second-order valence-corrected chi connectivity index (χ2v) is 7.05. The monoisotopic (exact) mass is 394 g/mol. The lowest BCUT2D eigenvalue weighted by Crippen LogP contribution is -2.11. The fourth-order valence-corrected chi connectivity index (χ4v) is 3.35. The van der Waals surface area contributed by atoms with Gasteiger partial charge in [0.25, 0.3) is 0 Å². The summed E-state index contributed by atoms with van der Waals surface area (Å²) >= 11 is 0. The van der Waals surface area contributed by atoms with E-state index in [0.717, 1.165) is 41.4 Å². The molecule has 0 spiro atoms. The number of ether oxygens (including phenoxy) is 1. The zero-order valence-corrected chi connectivity index (χ0v) is 16.8. The minimum absolute atomic E-state index is 0.0295. The zero-order chi connectivity index (χ0) is 20.8. The van der Waals surface area contributed by atoms with Gasteiger partial charge in [0, 0.05) is 23.9 Å². The van der Waals surface area contributed by atoms with Crippen molar-refractivity contribution in [2.24, 2.45) is 0 Å². The van der Waals surface area contributed by atoms with E-state index in [9.17, 15) is 9.59 Å². The normalized spacial score (nSPS) is 10.8. The fourth-order valence-electron chi connectivity index (χ4n) is 3.35. The molecule has 3 rings (SSSR count). The molecule has 1 heterocycles. The summed E-state index contributed by atoms with van der Waals surface area (Å²) in [6.45, 7) is 2.64. The topological polar surface area (TPSA) is 80.6 Å². The lowest BCUT2D eigenvalue weighted by atomic mass is 10.1. The van der Waals surface area contributed by atoms with Gasteiger partial charge in [0.05, 0.1) is 24.7 Å². The van der Waals surface area contributed by atoms with E-state index in [1.807, 2.05) is 30.5 Å². The van der Waals surface area contributed by atoms with Gasteiger partial charge in [-0.25, -0.2) is 4.79 Å². The van der Waals surface area contributed by atoms with Crippen LogP contribution in [0.1, 0.15) is 48.5 Å². The lowest BCUT2D eigenvalue weighted by molar-refractivity contribution is -0.116. The molecule has 6 nitrogen and oxygen atoms in total. The summed E-state index contributed by atoms with van der Waals surface area (Å²) in [5.41, 5.74) is 2.83. The van der Waals surface area contributed by atoms with Gasteiger partial charge in [-0.2, -0.15) is 0 Å². The van der Waals surface area contributed by atoms with Crippen LogP contribution in [0.25, 0.3) is 10.9 Å². The molecule has 0 aliphatic heterocycles. The number of carbonyl (C=O) groups excluding carboxylic acids is 1. The number of carboxylic acids is 1. The Morgan fingerprint density at radius 1 is 1.10 bits per heavy atom. The van der Waals surface area contributed by atoms with E-state index < -0.39 is 5.97 Å². The summed E-state index contributed by atoms with van der Waals surface area (Å²) < 4.78 is 7.44.